The number of hydrogen-bond acceptors (Lipinski definition) is 3. The normalized spacial score (nSPS) is 10.7. The number of hydrogen-bond donors (Lipinski definition) is 1. The summed E-state index contributed by atoms with van der Waals surface area (Å²) in [6, 6.07) is 3.69. The highest BCUT2D eigenvalue weighted by molar-refractivity contribution is 6.34. The molecule has 1 aromatic carbocycles. The van der Waals surface area contributed by atoms with Crippen LogP contribution in [0.5, 0.6) is 0 Å². The van der Waals surface area contributed by atoms with Gasteiger partial charge in [0.05, 0.1) is 16.1 Å². The van der Waals surface area contributed by atoms with Crippen molar-refractivity contribution in [1.29, 1.82) is 0 Å². The molecule has 0 amide bonds. The molecule has 0 aliphatic carbocycles. The lowest BCUT2D eigenvalue weighted by Crippen LogP contribution is -2.08. The molecular formula is C12H6Cl2FNO3. The lowest BCUT2D eigenvalue weighted by Gasteiger charge is -2.05. The van der Waals surface area contributed by atoms with Gasteiger partial charge in [0.2, 0.25) is 0 Å². The Hall–Kier alpha value is -1.72. The number of halogens is 3. The molecule has 0 aliphatic rings. The largest absolute Gasteiger partial charge is 0.481 e. The fourth-order valence-corrected chi connectivity index (χ4v) is 1.98. The molecular weight excluding hydrogens is 296 g/mol. The van der Waals surface area contributed by atoms with Crippen molar-refractivity contribution in [1.82, 2.24) is 4.98 Å². The number of nitrogens with zero attached hydrogens (tertiary/aromatic N) is 1. The summed E-state index contributed by atoms with van der Waals surface area (Å²) in [4.78, 5) is 26.0. The lowest BCUT2D eigenvalue weighted by molar-refractivity contribution is -0.135. The Kier molecular flexibility index (Phi) is 3.68. The number of fused-ring (bicyclic) bond motifs is 1. The molecule has 1 N–H and O–H groups in total. The molecule has 1 aromatic heterocycles. The van der Waals surface area contributed by atoms with Gasteiger partial charge in [0.1, 0.15) is 17.4 Å². The summed E-state index contributed by atoms with van der Waals surface area (Å²) < 4.78 is 13.3. The second kappa shape index (κ2) is 5.11. The number of Topliss-reactive ketones (excluding diaryl/α,β-unsaturated/α-hetero) is 1. The first-order chi connectivity index (χ1) is 8.88. The zero-order chi connectivity index (χ0) is 14.2. The Labute approximate surface area is 116 Å². The first-order valence-electron chi connectivity index (χ1n) is 5.09. The van der Waals surface area contributed by atoms with E-state index in [0.717, 1.165) is 6.07 Å². The number of rotatable bonds is 3. The molecule has 2 rings (SSSR count). The van der Waals surface area contributed by atoms with Crippen molar-refractivity contribution in [3.63, 3.8) is 0 Å². The van der Waals surface area contributed by atoms with Crippen LogP contribution >= 0.6 is 23.2 Å². The number of pyridine rings is 1. The minimum atomic E-state index is -1.27. The molecule has 0 saturated heterocycles. The zero-order valence-corrected chi connectivity index (χ0v) is 10.8. The number of carbonyl (C=O) groups is 2. The molecule has 98 valence electrons. The van der Waals surface area contributed by atoms with E-state index in [0.29, 0.717) is 10.9 Å². The SMILES string of the molecule is O=C(O)CC(=O)c1cc2cc(F)c(Cl)cc2nc1Cl. The minimum absolute atomic E-state index is 0.0571. The van der Waals surface area contributed by atoms with Crippen molar-refractivity contribution in [3.05, 3.63) is 39.8 Å². The topological polar surface area (TPSA) is 67.3 Å². The third kappa shape index (κ3) is 2.83. The summed E-state index contributed by atoms with van der Waals surface area (Å²) in [5.74, 6) is -2.62. The summed E-state index contributed by atoms with van der Waals surface area (Å²) in [7, 11) is 0. The Balaban J connectivity index is 2.58. The van der Waals surface area contributed by atoms with E-state index in [1.807, 2.05) is 0 Å². The summed E-state index contributed by atoms with van der Waals surface area (Å²) in [6.45, 7) is 0. The van der Waals surface area contributed by atoms with Gasteiger partial charge >= 0.3 is 5.97 Å². The van der Waals surface area contributed by atoms with E-state index in [9.17, 15) is 14.0 Å². The van der Waals surface area contributed by atoms with E-state index in [-0.39, 0.29) is 15.7 Å². The van der Waals surface area contributed by atoms with Crippen LogP contribution in [0.2, 0.25) is 10.2 Å². The first kappa shape index (κ1) is 13.7. The van der Waals surface area contributed by atoms with Crippen molar-refractivity contribution in [2.24, 2.45) is 0 Å². The highest BCUT2D eigenvalue weighted by Gasteiger charge is 2.17. The molecule has 0 spiro atoms. The predicted octanol–water partition coefficient (Wildman–Crippen LogP) is 3.34. The second-order valence-corrected chi connectivity index (χ2v) is 4.54. The van der Waals surface area contributed by atoms with Crippen molar-refractivity contribution < 1.29 is 19.1 Å². The summed E-state index contributed by atoms with van der Waals surface area (Å²) in [5, 5.41) is 8.64. The third-order valence-corrected chi connectivity index (χ3v) is 3.00. The number of aromatic nitrogens is 1. The summed E-state index contributed by atoms with van der Waals surface area (Å²) in [6.07, 6.45) is -0.705. The molecule has 1 heterocycles. The summed E-state index contributed by atoms with van der Waals surface area (Å²) >= 11 is 11.4. The van der Waals surface area contributed by atoms with Gasteiger partial charge in [-0.3, -0.25) is 9.59 Å². The fraction of sp³-hybridized carbons (Fsp3) is 0.0833. The van der Waals surface area contributed by atoms with E-state index in [4.69, 9.17) is 28.3 Å². The van der Waals surface area contributed by atoms with Gasteiger partial charge in [0.25, 0.3) is 0 Å². The number of carboxylic acids is 1. The molecule has 0 bridgehead atoms. The van der Waals surface area contributed by atoms with Gasteiger partial charge in [0, 0.05) is 5.39 Å². The van der Waals surface area contributed by atoms with Gasteiger partial charge in [-0.15, -0.1) is 0 Å². The maximum atomic E-state index is 13.3. The van der Waals surface area contributed by atoms with Gasteiger partial charge < -0.3 is 5.11 Å². The molecule has 0 atom stereocenters. The monoisotopic (exact) mass is 301 g/mol. The molecule has 7 heteroatoms. The van der Waals surface area contributed by atoms with Crippen LogP contribution in [0.25, 0.3) is 10.9 Å². The Morgan fingerprint density at radius 2 is 1.95 bits per heavy atom. The molecule has 2 aromatic rings. The molecule has 0 fully saturated rings. The van der Waals surface area contributed by atoms with Crippen molar-refractivity contribution in [2.75, 3.05) is 0 Å². The van der Waals surface area contributed by atoms with Crippen LogP contribution in [-0.2, 0) is 4.79 Å². The molecule has 0 saturated carbocycles. The maximum absolute atomic E-state index is 13.3. The number of ketones is 1. The van der Waals surface area contributed by atoms with E-state index in [1.165, 1.54) is 12.1 Å². The van der Waals surface area contributed by atoms with Crippen molar-refractivity contribution in [3.8, 4) is 0 Å². The van der Waals surface area contributed by atoms with Crippen molar-refractivity contribution >= 4 is 45.9 Å². The molecule has 0 aliphatic heterocycles. The van der Waals surface area contributed by atoms with Crippen LogP contribution in [0, 0.1) is 5.82 Å². The fourth-order valence-electron chi connectivity index (χ4n) is 1.57. The van der Waals surface area contributed by atoms with E-state index >= 15 is 0 Å². The average molecular weight is 302 g/mol. The van der Waals surface area contributed by atoms with Gasteiger partial charge in [-0.05, 0) is 18.2 Å². The molecule has 19 heavy (non-hydrogen) atoms. The van der Waals surface area contributed by atoms with Crippen LogP contribution in [0.1, 0.15) is 16.8 Å². The van der Waals surface area contributed by atoms with E-state index in [1.54, 1.807) is 0 Å². The minimum Gasteiger partial charge on any atom is -0.481 e. The van der Waals surface area contributed by atoms with E-state index < -0.39 is 24.0 Å². The Morgan fingerprint density at radius 3 is 2.58 bits per heavy atom. The lowest BCUT2D eigenvalue weighted by atomic mass is 10.1. The Morgan fingerprint density at radius 1 is 1.26 bits per heavy atom. The number of carboxylic acid groups (broad SMARTS) is 1. The van der Waals surface area contributed by atoms with Crippen LogP contribution in [0.3, 0.4) is 0 Å². The molecule has 0 unspecified atom stereocenters. The highest BCUT2D eigenvalue weighted by Crippen LogP contribution is 2.26. The van der Waals surface area contributed by atoms with Crippen molar-refractivity contribution in [2.45, 2.75) is 6.42 Å². The van der Waals surface area contributed by atoms with Crippen LogP contribution in [0.15, 0.2) is 18.2 Å². The smallest absolute Gasteiger partial charge is 0.311 e. The number of carbonyl (C=O) groups excluding carboxylic acids is 1. The predicted molar refractivity (Wildman–Crippen MR) is 68.3 cm³/mol. The van der Waals surface area contributed by atoms with Gasteiger partial charge in [-0.1, -0.05) is 23.2 Å². The van der Waals surface area contributed by atoms with Crippen LogP contribution in [0.4, 0.5) is 4.39 Å². The third-order valence-electron chi connectivity index (χ3n) is 2.42. The first-order valence-corrected chi connectivity index (χ1v) is 5.84. The number of benzene rings is 1. The average Bonchev–Trinajstić information content (AvgIpc) is 2.29. The van der Waals surface area contributed by atoms with Gasteiger partial charge in [-0.2, -0.15) is 0 Å². The number of aliphatic carboxylic acids is 1. The molecule has 0 radical (unpaired) electrons. The van der Waals surface area contributed by atoms with Crippen LogP contribution < -0.4 is 0 Å². The van der Waals surface area contributed by atoms with Gasteiger partial charge in [-0.25, -0.2) is 9.37 Å². The highest BCUT2D eigenvalue weighted by atomic mass is 35.5. The van der Waals surface area contributed by atoms with Crippen LogP contribution in [-0.4, -0.2) is 21.8 Å². The second-order valence-electron chi connectivity index (χ2n) is 3.78. The maximum Gasteiger partial charge on any atom is 0.311 e. The van der Waals surface area contributed by atoms with Gasteiger partial charge in [0.15, 0.2) is 5.78 Å². The quantitative estimate of drug-likeness (QED) is 0.536. The van der Waals surface area contributed by atoms with E-state index in [2.05, 4.69) is 4.98 Å². The molecule has 4 nitrogen and oxygen atoms in total. The Bertz CT molecular complexity index is 703. The standard InChI is InChI=1S/C12H6Cl2FNO3/c13-7-3-9-5(2-8(7)15)1-6(12(14)16-9)10(17)4-11(18)19/h1-3H,4H2,(H,18,19). The zero-order valence-electron chi connectivity index (χ0n) is 9.28. The summed E-state index contributed by atoms with van der Waals surface area (Å²) in [5.41, 5.74) is 0.265.